The van der Waals surface area contributed by atoms with E-state index in [0.717, 1.165) is 10.8 Å². The molecule has 3 aromatic rings. The van der Waals surface area contributed by atoms with E-state index in [1.165, 1.54) is 25.1 Å². The third kappa shape index (κ3) is 2.81. The molecule has 1 N–H and O–H groups in total. The zero-order valence-electron chi connectivity index (χ0n) is 12.8. The van der Waals surface area contributed by atoms with E-state index < -0.39 is 14.9 Å². The van der Waals surface area contributed by atoms with Gasteiger partial charge in [-0.1, -0.05) is 42.5 Å². The lowest BCUT2D eigenvalue weighted by atomic mass is 10.1. The van der Waals surface area contributed by atoms with Crippen LogP contribution in [0.4, 0.5) is 11.4 Å². The second kappa shape index (κ2) is 5.93. The molecular formula is C17H14N2O4S. The molecule has 0 bridgehead atoms. The SMILES string of the molecule is Cc1c([N+](=O)[O-])cccc1S(=O)(=O)Nc1cccc2ccccc12. The summed E-state index contributed by atoms with van der Waals surface area (Å²) >= 11 is 0. The highest BCUT2D eigenvalue weighted by Crippen LogP contribution is 2.29. The zero-order chi connectivity index (χ0) is 17.3. The van der Waals surface area contributed by atoms with Gasteiger partial charge in [-0.05, 0) is 24.4 Å². The molecule has 0 fully saturated rings. The van der Waals surface area contributed by atoms with Crippen molar-refractivity contribution in [3.63, 3.8) is 0 Å². The van der Waals surface area contributed by atoms with Gasteiger partial charge < -0.3 is 0 Å². The quantitative estimate of drug-likeness (QED) is 0.576. The molecule has 0 heterocycles. The van der Waals surface area contributed by atoms with Crippen molar-refractivity contribution in [2.75, 3.05) is 4.72 Å². The molecule has 0 saturated carbocycles. The Kier molecular flexibility index (Phi) is 3.94. The Morgan fingerprint density at radius 2 is 1.62 bits per heavy atom. The summed E-state index contributed by atoms with van der Waals surface area (Å²) in [5, 5.41) is 12.7. The summed E-state index contributed by atoms with van der Waals surface area (Å²) in [6, 6.07) is 16.7. The minimum atomic E-state index is -3.95. The Hall–Kier alpha value is -2.93. The Bertz CT molecular complexity index is 1040. The predicted octanol–water partition coefficient (Wildman–Crippen LogP) is 3.86. The van der Waals surface area contributed by atoms with Gasteiger partial charge in [0.2, 0.25) is 0 Å². The van der Waals surface area contributed by atoms with Crippen LogP contribution in [0.3, 0.4) is 0 Å². The van der Waals surface area contributed by atoms with E-state index in [1.54, 1.807) is 12.1 Å². The van der Waals surface area contributed by atoms with Crippen LogP contribution in [0, 0.1) is 17.0 Å². The maximum absolute atomic E-state index is 12.7. The third-order valence-corrected chi connectivity index (χ3v) is 5.29. The number of nitro benzene ring substituents is 1. The third-order valence-electron chi connectivity index (χ3n) is 3.78. The topological polar surface area (TPSA) is 89.3 Å². The van der Waals surface area contributed by atoms with Crippen LogP contribution >= 0.6 is 0 Å². The van der Waals surface area contributed by atoms with Gasteiger partial charge >= 0.3 is 0 Å². The summed E-state index contributed by atoms with van der Waals surface area (Å²) in [4.78, 5) is 10.3. The number of nitro groups is 1. The van der Waals surface area contributed by atoms with Crippen LogP contribution in [-0.4, -0.2) is 13.3 Å². The molecule has 0 radical (unpaired) electrons. The molecule has 24 heavy (non-hydrogen) atoms. The van der Waals surface area contributed by atoms with Crippen LogP contribution in [0.2, 0.25) is 0 Å². The lowest BCUT2D eigenvalue weighted by Crippen LogP contribution is -2.15. The fraction of sp³-hybridized carbons (Fsp3) is 0.0588. The lowest BCUT2D eigenvalue weighted by Gasteiger charge is -2.12. The van der Waals surface area contributed by atoms with E-state index in [-0.39, 0.29) is 16.1 Å². The monoisotopic (exact) mass is 342 g/mol. The first-order chi connectivity index (χ1) is 11.4. The van der Waals surface area contributed by atoms with E-state index in [4.69, 9.17) is 0 Å². The van der Waals surface area contributed by atoms with Crippen LogP contribution in [0.15, 0.2) is 65.6 Å². The summed E-state index contributed by atoms with van der Waals surface area (Å²) in [7, 11) is -3.95. The first-order valence-electron chi connectivity index (χ1n) is 7.15. The number of sulfonamides is 1. The molecule has 0 spiro atoms. The molecule has 7 heteroatoms. The summed E-state index contributed by atoms with van der Waals surface area (Å²) in [6.45, 7) is 1.43. The number of anilines is 1. The fourth-order valence-corrected chi connectivity index (χ4v) is 3.95. The first kappa shape index (κ1) is 15.9. The number of fused-ring (bicyclic) bond motifs is 1. The number of nitrogens with zero attached hydrogens (tertiary/aromatic N) is 1. The largest absolute Gasteiger partial charge is 0.279 e. The molecule has 0 unspecified atom stereocenters. The molecule has 3 rings (SSSR count). The van der Waals surface area contributed by atoms with Crippen molar-refractivity contribution in [1.29, 1.82) is 0 Å². The molecule has 0 atom stereocenters. The van der Waals surface area contributed by atoms with Gasteiger partial charge in [0.05, 0.1) is 15.5 Å². The molecule has 0 aliphatic carbocycles. The maximum Gasteiger partial charge on any atom is 0.273 e. The minimum absolute atomic E-state index is 0.107. The molecule has 122 valence electrons. The van der Waals surface area contributed by atoms with Crippen molar-refractivity contribution in [2.45, 2.75) is 11.8 Å². The molecule has 0 amide bonds. The summed E-state index contributed by atoms with van der Waals surface area (Å²) in [5.41, 5.74) is 0.310. The smallest absolute Gasteiger partial charge is 0.273 e. The van der Waals surface area contributed by atoms with Crippen molar-refractivity contribution < 1.29 is 13.3 Å². The lowest BCUT2D eigenvalue weighted by molar-refractivity contribution is -0.385. The maximum atomic E-state index is 12.7. The van der Waals surface area contributed by atoms with Crippen molar-refractivity contribution in [3.8, 4) is 0 Å². The second-order valence-corrected chi connectivity index (χ2v) is 6.94. The van der Waals surface area contributed by atoms with Crippen LogP contribution in [-0.2, 0) is 10.0 Å². The van der Waals surface area contributed by atoms with Gasteiger partial charge in [-0.25, -0.2) is 8.42 Å². The minimum Gasteiger partial charge on any atom is -0.279 e. The van der Waals surface area contributed by atoms with Crippen molar-refractivity contribution >= 4 is 32.2 Å². The summed E-state index contributed by atoms with van der Waals surface area (Å²) in [5.74, 6) is 0. The molecule has 0 saturated heterocycles. The fourth-order valence-electron chi connectivity index (χ4n) is 2.61. The van der Waals surface area contributed by atoms with E-state index in [1.807, 2.05) is 30.3 Å². The number of rotatable bonds is 4. The van der Waals surface area contributed by atoms with Gasteiger partial charge in [-0.3, -0.25) is 14.8 Å². The van der Waals surface area contributed by atoms with Crippen molar-refractivity contribution in [1.82, 2.24) is 0 Å². The molecule has 6 nitrogen and oxygen atoms in total. The Labute approximate surface area is 138 Å². The van der Waals surface area contributed by atoms with Crippen LogP contribution in [0.1, 0.15) is 5.56 Å². The molecule has 0 aliphatic rings. The highest BCUT2D eigenvalue weighted by Gasteiger charge is 2.23. The molecule has 0 aliphatic heterocycles. The average molecular weight is 342 g/mol. The summed E-state index contributed by atoms with van der Waals surface area (Å²) < 4.78 is 27.9. The highest BCUT2D eigenvalue weighted by molar-refractivity contribution is 7.92. The van der Waals surface area contributed by atoms with Gasteiger partial charge in [0, 0.05) is 17.0 Å². The van der Waals surface area contributed by atoms with Gasteiger partial charge in [-0.2, -0.15) is 0 Å². The number of benzene rings is 3. The molecule has 0 aromatic heterocycles. The van der Waals surface area contributed by atoms with Gasteiger partial charge in [0.1, 0.15) is 0 Å². The van der Waals surface area contributed by atoms with Crippen molar-refractivity contribution in [3.05, 3.63) is 76.3 Å². The van der Waals surface area contributed by atoms with E-state index >= 15 is 0 Å². The highest BCUT2D eigenvalue weighted by atomic mass is 32.2. The van der Waals surface area contributed by atoms with Crippen LogP contribution in [0.25, 0.3) is 10.8 Å². The van der Waals surface area contributed by atoms with Crippen LogP contribution < -0.4 is 4.72 Å². The molecular weight excluding hydrogens is 328 g/mol. The number of hydrogen-bond acceptors (Lipinski definition) is 4. The average Bonchev–Trinajstić information content (AvgIpc) is 2.54. The first-order valence-corrected chi connectivity index (χ1v) is 8.63. The van der Waals surface area contributed by atoms with E-state index in [0.29, 0.717) is 5.69 Å². The van der Waals surface area contributed by atoms with Gasteiger partial charge in [-0.15, -0.1) is 0 Å². The van der Waals surface area contributed by atoms with E-state index in [2.05, 4.69) is 4.72 Å². The zero-order valence-corrected chi connectivity index (χ0v) is 13.6. The predicted molar refractivity (Wildman–Crippen MR) is 92.6 cm³/mol. The van der Waals surface area contributed by atoms with Gasteiger partial charge in [0.15, 0.2) is 0 Å². The van der Waals surface area contributed by atoms with E-state index in [9.17, 15) is 18.5 Å². The van der Waals surface area contributed by atoms with Crippen molar-refractivity contribution in [2.24, 2.45) is 0 Å². The molecule has 3 aromatic carbocycles. The summed E-state index contributed by atoms with van der Waals surface area (Å²) in [6.07, 6.45) is 0. The number of hydrogen-bond donors (Lipinski definition) is 1. The van der Waals surface area contributed by atoms with Gasteiger partial charge in [0.25, 0.3) is 15.7 Å². The standard InChI is InChI=1S/C17H14N2O4S/c1-12-16(19(20)21)10-5-11-17(12)24(22,23)18-15-9-4-7-13-6-2-3-8-14(13)15/h2-11,18H,1H3. The Morgan fingerprint density at radius 3 is 2.38 bits per heavy atom. The Morgan fingerprint density at radius 1 is 0.958 bits per heavy atom. The second-order valence-electron chi connectivity index (χ2n) is 5.29. The normalized spacial score (nSPS) is 11.4. The number of nitrogens with one attached hydrogen (secondary N) is 1. The Balaban J connectivity index is 2.09. The van der Waals surface area contributed by atoms with Crippen LogP contribution in [0.5, 0.6) is 0 Å².